The van der Waals surface area contributed by atoms with Crippen LogP contribution in [0.2, 0.25) is 0 Å². The molecule has 6 nitrogen and oxygen atoms in total. The van der Waals surface area contributed by atoms with E-state index in [0.29, 0.717) is 18.7 Å². The van der Waals surface area contributed by atoms with Gasteiger partial charge in [-0.2, -0.15) is 0 Å². The van der Waals surface area contributed by atoms with Gasteiger partial charge in [0.05, 0.1) is 18.0 Å². The molecule has 1 aliphatic rings. The molecule has 0 spiro atoms. The molecule has 0 saturated carbocycles. The van der Waals surface area contributed by atoms with E-state index in [1.54, 1.807) is 4.90 Å². The van der Waals surface area contributed by atoms with E-state index in [4.69, 9.17) is 5.11 Å². The smallest absolute Gasteiger partial charge is 0.335 e. The third-order valence-electron chi connectivity index (χ3n) is 4.25. The van der Waals surface area contributed by atoms with Crippen molar-refractivity contribution in [1.82, 2.24) is 10.2 Å². The highest BCUT2D eigenvalue weighted by molar-refractivity contribution is 5.96. The molecule has 1 heterocycles. The maximum atomic E-state index is 13.0. The van der Waals surface area contributed by atoms with Crippen LogP contribution in [0.5, 0.6) is 0 Å². The number of amides is 2. The van der Waals surface area contributed by atoms with Gasteiger partial charge in [0.25, 0.3) is 5.91 Å². The summed E-state index contributed by atoms with van der Waals surface area (Å²) in [7, 11) is 0. The van der Waals surface area contributed by atoms with Crippen molar-refractivity contribution in [3.63, 3.8) is 0 Å². The second-order valence-corrected chi connectivity index (χ2v) is 5.86. The zero-order chi connectivity index (χ0) is 17.8. The lowest BCUT2D eigenvalue weighted by atomic mass is 10.0. The number of carboxylic acid groups (broad SMARTS) is 1. The molecule has 6 heteroatoms. The zero-order valence-corrected chi connectivity index (χ0v) is 13.5. The second kappa shape index (κ2) is 7.17. The van der Waals surface area contributed by atoms with E-state index in [1.165, 1.54) is 24.3 Å². The van der Waals surface area contributed by atoms with Crippen molar-refractivity contribution in [3.8, 4) is 0 Å². The predicted molar refractivity (Wildman–Crippen MR) is 91.2 cm³/mol. The fourth-order valence-corrected chi connectivity index (χ4v) is 2.97. The molecule has 1 atom stereocenters. The first-order chi connectivity index (χ1) is 12.1. The molecule has 25 heavy (non-hydrogen) atoms. The zero-order valence-electron chi connectivity index (χ0n) is 13.5. The molecule has 0 bridgehead atoms. The SMILES string of the molecule is O=C1C[C@H](c2ccccc2)N(C(=O)c2ccc(C(=O)O)cc2)CCN1. The molecule has 2 N–H and O–H groups in total. The Bertz CT molecular complexity index is 787. The lowest BCUT2D eigenvalue weighted by molar-refractivity contribution is -0.121. The Hall–Kier alpha value is -3.15. The molecule has 0 aliphatic carbocycles. The van der Waals surface area contributed by atoms with Crippen LogP contribution in [0.4, 0.5) is 0 Å². The summed E-state index contributed by atoms with van der Waals surface area (Å²) in [5.41, 5.74) is 1.43. The van der Waals surface area contributed by atoms with Crippen molar-refractivity contribution < 1.29 is 19.5 Å². The molecule has 128 valence electrons. The van der Waals surface area contributed by atoms with E-state index < -0.39 is 5.97 Å². The number of hydrogen-bond acceptors (Lipinski definition) is 3. The average molecular weight is 338 g/mol. The molecular formula is C19H18N2O4. The highest BCUT2D eigenvalue weighted by Gasteiger charge is 2.30. The van der Waals surface area contributed by atoms with Crippen molar-refractivity contribution in [3.05, 3.63) is 71.3 Å². The molecule has 1 saturated heterocycles. The van der Waals surface area contributed by atoms with Crippen LogP contribution in [0.3, 0.4) is 0 Å². The Kier molecular flexibility index (Phi) is 4.79. The van der Waals surface area contributed by atoms with Crippen LogP contribution in [-0.4, -0.2) is 40.9 Å². The summed E-state index contributed by atoms with van der Waals surface area (Å²) in [6, 6.07) is 14.9. The summed E-state index contributed by atoms with van der Waals surface area (Å²) in [5.74, 6) is -1.35. The van der Waals surface area contributed by atoms with Crippen LogP contribution in [0.25, 0.3) is 0 Å². The monoisotopic (exact) mass is 338 g/mol. The van der Waals surface area contributed by atoms with Gasteiger partial charge in [-0.25, -0.2) is 4.79 Å². The van der Waals surface area contributed by atoms with Gasteiger partial charge in [0, 0.05) is 18.7 Å². The lowest BCUT2D eigenvalue weighted by Crippen LogP contribution is -2.36. The molecule has 0 radical (unpaired) electrons. The third-order valence-corrected chi connectivity index (χ3v) is 4.25. The largest absolute Gasteiger partial charge is 0.478 e. The van der Waals surface area contributed by atoms with Crippen LogP contribution in [0, 0.1) is 0 Å². The Morgan fingerprint density at radius 1 is 1.00 bits per heavy atom. The molecule has 3 rings (SSSR count). The van der Waals surface area contributed by atoms with Crippen LogP contribution in [0.1, 0.15) is 38.7 Å². The summed E-state index contributed by atoms with van der Waals surface area (Å²) in [6.45, 7) is 0.784. The van der Waals surface area contributed by atoms with Gasteiger partial charge in [-0.1, -0.05) is 30.3 Å². The summed E-state index contributed by atoms with van der Waals surface area (Å²) in [4.78, 5) is 37.6. The molecule has 0 aromatic heterocycles. The first-order valence-corrected chi connectivity index (χ1v) is 8.02. The number of rotatable bonds is 3. The minimum absolute atomic E-state index is 0.0922. The number of carbonyl (C=O) groups excluding carboxylic acids is 2. The van der Waals surface area contributed by atoms with Crippen LogP contribution in [-0.2, 0) is 4.79 Å². The number of carboxylic acids is 1. The van der Waals surface area contributed by atoms with Crippen LogP contribution < -0.4 is 5.32 Å². The number of benzene rings is 2. The average Bonchev–Trinajstić information content (AvgIpc) is 2.83. The standard InChI is InChI=1S/C19H18N2O4/c22-17-12-16(13-4-2-1-3-5-13)21(11-10-20-17)18(23)14-6-8-15(9-7-14)19(24)25/h1-9,16H,10-12H2,(H,20,22)(H,24,25)/t16-/m1/s1. The van der Waals surface area contributed by atoms with Crippen LogP contribution >= 0.6 is 0 Å². The van der Waals surface area contributed by atoms with E-state index in [0.717, 1.165) is 5.56 Å². The number of nitrogens with one attached hydrogen (secondary N) is 1. The fraction of sp³-hybridized carbons (Fsp3) is 0.211. The van der Waals surface area contributed by atoms with Crippen molar-refractivity contribution >= 4 is 17.8 Å². The molecule has 1 aliphatic heterocycles. The quantitative estimate of drug-likeness (QED) is 0.897. The number of carbonyl (C=O) groups is 3. The Balaban J connectivity index is 1.92. The summed E-state index contributed by atoms with van der Waals surface area (Å²) in [6.07, 6.45) is 0.197. The van der Waals surface area contributed by atoms with Crippen molar-refractivity contribution in [2.75, 3.05) is 13.1 Å². The van der Waals surface area contributed by atoms with Crippen LogP contribution in [0.15, 0.2) is 54.6 Å². The van der Waals surface area contributed by atoms with E-state index in [-0.39, 0.29) is 29.8 Å². The summed E-state index contributed by atoms with van der Waals surface area (Å²) < 4.78 is 0. The highest BCUT2D eigenvalue weighted by atomic mass is 16.4. The molecule has 2 amide bonds. The number of hydrogen-bond donors (Lipinski definition) is 2. The van der Waals surface area contributed by atoms with Gasteiger partial charge in [0.15, 0.2) is 0 Å². The Morgan fingerprint density at radius 2 is 1.64 bits per heavy atom. The number of nitrogens with zero attached hydrogens (tertiary/aromatic N) is 1. The molecule has 0 unspecified atom stereocenters. The molecule has 2 aromatic rings. The van der Waals surface area contributed by atoms with Gasteiger partial charge >= 0.3 is 5.97 Å². The molecule has 2 aromatic carbocycles. The first kappa shape index (κ1) is 16.7. The minimum atomic E-state index is -1.04. The van der Waals surface area contributed by atoms with Gasteiger partial charge in [-0.3, -0.25) is 9.59 Å². The minimum Gasteiger partial charge on any atom is -0.478 e. The van der Waals surface area contributed by atoms with Crippen molar-refractivity contribution in [2.45, 2.75) is 12.5 Å². The first-order valence-electron chi connectivity index (χ1n) is 8.02. The summed E-state index contributed by atoms with van der Waals surface area (Å²) in [5, 5.41) is 11.8. The molecular weight excluding hydrogens is 320 g/mol. The van der Waals surface area contributed by atoms with Gasteiger partial charge in [0.2, 0.25) is 5.91 Å². The number of aromatic carboxylic acids is 1. The summed E-state index contributed by atoms with van der Waals surface area (Å²) >= 11 is 0. The predicted octanol–water partition coefficient (Wildman–Crippen LogP) is 2.09. The lowest BCUT2D eigenvalue weighted by Gasteiger charge is -2.29. The maximum Gasteiger partial charge on any atom is 0.335 e. The van der Waals surface area contributed by atoms with Crippen molar-refractivity contribution in [2.24, 2.45) is 0 Å². The Labute approximate surface area is 145 Å². The van der Waals surface area contributed by atoms with E-state index in [2.05, 4.69) is 5.32 Å². The highest BCUT2D eigenvalue weighted by Crippen LogP contribution is 2.27. The van der Waals surface area contributed by atoms with Crippen molar-refractivity contribution in [1.29, 1.82) is 0 Å². The van der Waals surface area contributed by atoms with E-state index >= 15 is 0 Å². The van der Waals surface area contributed by atoms with Gasteiger partial charge in [-0.15, -0.1) is 0 Å². The Morgan fingerprint density at radius 3 is 2.28 bits per heavy atom. The van der Waals surface area contributed by atoms with E-state index in [1.807, 2.05) is 30.3 Å². The second-order valence-electron chi connectivity index (χ2n) is 5.86. The maximum absolute atomic E-state index is 13.0. The normalized spacial score (nSPS) is 17.5. The van der Waals surface area contributed by atoms with Gasteiger partial charge < -0.3 is 15.3 Å². The van der Waals surface area contributed by atoms with E-state index in [9.17, 15) is 14.4 Å². The van der Waals surface area contributed by atoms with Gasteiger partial charge in [-0.05, 0) is 29.8 Å². The third kappa shape index (κ3) is 3.68. The fourth-order valence-electron chi connectivity index (χ4n) is 2.97. The van der Waals surface area contributed by atoms with Gasteiger partial charge in [0.1, 0.15) is 0 Å². The molecule has 1 fully saturated rings. The topological polar surface area (TPSA) is 86.7 Å².